The summed E-state index contributed by atoms with van der Waals surface area (Å²) in [7, 11) is 0. The number of carboxylic acids is 1. The number of hydrogen-bond acceptors (Lipinski definition) is 5. The molecule has 7 nitrogen and oxygen atoms in total. The second kappa shape index (κ2) is 5.83. The first-order valence-electron chi connectivity index (χ1n) is 6.17. The van der Waals surface area contributed by atoms with Crippen LogP contribution in [0.5, 0.6) is 0 Å². The third-order valence-corrected chi connectivity index (χ3v) is 3.14. The van der Waals surface area contributed by atoms with E-state index >= 15 is 0 Å². The van der Waals surface area contributed by atoms with E-state index in [2.05, 4.69) is 5.16 Å². The molecule has 0 bridgehead atoms. The van der Waals surface area contributed by atoms with Gasteiger partial charge >= 0.3 is 5.97 Å². The summed E-state index contributed by atoms with van der Waals surface area (Å²) in [6, 6.07) is 1.01. The van der Waals surface area contributed by atoms with Gasteiger partial charge in [0, 0.05) is 12.6 Å². The molecule has 0 spiro atoms. The Morgan fingerprint density at radius 3 is 2.89 bits per heavy atom. The van der Waals surface area contributed by atoms with Crippen LogP contribution >= 0.6 is 0 Å². The van der Waals surface area contributed by atoms with Gasteiger partial charge in [-0.15, -0.1) is 0 Å². The van der Waals surface area contributed by atoms with Gasteiger partial charge < -0.3 is 19.3 Å². The second-order valence-corrected chi connectivity index (χ2v) is 4.42. The topological polar surface area (TPSA) is 92.9 Å². The van der Waals surface area contributed by atoms with Gasteiger partial charge in [-0.3, -0.25) is 9.59 Å². The molecule has 0 aromatic carbocycles. The Balaban J connectivity index is 2.20. The zero-order valence-electron chi connectivity index (χ0n) is 10.6. The summed E-state index contributed by atoms with van der Waals surface area (Å²) >= 11 is 0. The monoisotopic (exact) mass is 268 g/mol. The highest BCUT2D eigenvalue weighted by Crippen LogP contribution is 2.22. The largest absolute Gasteiger partial charge is 0.481 e. The minimum atomic E-state index is -0.950. The Bertz CT molecular complexity index is 445. The lowest BCUT2D eigenvalue weighted by molar-refractivity contribution is -0.142. The van der Waals surface area contributed by atoms with E-state index in [9.17, 15) is 9.59 Å². The highest BCUT2D eigenvalue weighted by atomic mass is 16.5. The van der Waals surface area contributed by atoms with Crippen molar-refractivity contribution in [1.29, 1.82) is 0 Å². The normalized spacial score (nSPS) is 22.4. The minimum absolute atomic E-state index is 0.115. The molecule has 2 atom stereocenters. The van der Waals surface area contributed by atoms with Crippen LogP contribution in [0.2, 0.25) is 0 Å². The molecule has 1 aliphatic heterocycles. The van der Waals surface area contributed by atoms with Gasteiger partial charge in [-0.1, -0.05) is 12.1 Å². The maximum absolute atomic E-state index is 12.3. The summed E-state index contributed by atoms with van der Waals surface area (Å²) in [4.78, 5) is 25.0. The number of nitrogens with zero attached hydrogens (tertiary/aromatic N) is 2. The van der Waals surface area contributed by atoms with Gasteiger partial charge in [0.15, 0.2) is 0 Å². The van der Waals surface area contributed by atoms with Crippen molar-refractivity contribution in [3.8, 4) is 0 Å². The first kappa shape index (κ1) is 13.5. The molecule has 1 saturated heterocycles. The molecule has 2 heterocycles. The number of ether oxygens (including phenoxy) is 1. The lowest BCUT2D eigenvalue weighted by Crippen LogP contribution is -2.46. The highest BCUT2D eigenvalue weighted by molar-refractivity contribution is 5.92. The molecule has 7 heteroatoms. The molecule has 0 radical (unpaired) electrons. The Labute approximate surface area is 110 Å². The van der Waals surface area contributed by atoms with Crippen LogP contribution in [0.25, 0.3) is 0 Å². The maximum Gasteiger partial charge on any atom is 0.311 e. The number of carbonyl (C=O) groups is 2. The number of rotatable bonds is 5. The first-order chi connectivity index (χ1) is 9.15. The predicted octanol–water partition coefficient (Wildman–Crippen LogP) is 0.626. The zero-order chi connectivity index (χ0) is 13.8. The molecular weight excluding hydrogens is 252 g/mol. The van der Waals surface area contributed by atoms with Crippen LogP contribution in [0, 0.1) is 5.92 Å². The van der Waals surface area contributed by atoms with Crippen LogP contribution in [0.1, 0.15) is 23.9 Å². The molecule has 2 unspecified atom stereocenters. The second-order valence-electron chi connectivity index (χ2n) is 4.42. The van der Waals surface area contributed by atoms with E-state index in [0.717, 1.165) is 6.42 Å². The van der Waals surface area contributed by atoms with Crippen molar-refractivity contribution in [2.75, 3.05) is 19.8 Å². The van der Waals surface area contributed by atoms with Crippen LogP contribution in [0.15, 0.2) is 16.8 Å². The maximum atomic E-state index is 12.3. The van der Waals surface area contributed by atoms with Gasteiger partial charge in [0.05, 0.1) is 25.5 Å². The molecule has 1 aromatic rings. The van der Waals surface area contributed by atoms with Crippen molar-refractivity contribution in [3.05, 3.63) is 18.0 Å². The van der Waals surface area contributed by atoms with E-state index in [-0.39, 0.29) is 24.9 Å². The van der Waals surface area contributed by atoms with E-state index in [1.807, 2.05) is 6.92 Å². The lowest BCUT2D eigenvalue weighted by Gasteiger charge is -2.29. The molecular formula is C12H16N2O5. The summed E-state index contributed by atoms with van der Waals surface area (Å²) in [6.45, 7) is 2.74. The van der Waals surface area contributed by atoms with Crippen molar-refractivity contribution in [3.63, 3.8) is 0 Å². The van der Waals surface area contributed by atoms with Crippen molar-refractivity contribution < 1.29 is 24.0 Å². The van der Waals surface area contributed by atoms with Gasteiger partial charge in [0.25, 0.3) is 5.91 Å². The molecule has 104 valence electrons. The molecule has 1 aromatic heterocycles. The van der Waals surface area contributed by atoms with E-state index in [4.69, 9.17) is 14.4 Å². The fraction of sp³-hybridized carbons (Fsp3) is 0.583. The summed E-state index contributed by atoms with van der Waals surface area (Å²) in [5, 5.41) is 12.7. The third kappa shape index (κ3) is 2.76. The Hall–Kier alpha value is -1.89. The molecule has 0 aliphatic carbocycles. The lowest BCUT2D eigenvalue weighted by atomic mass is 10.0. The predicted molar refractivity (Wildman–Crippen MR) is 63.6 cm³/mol. The number of carbonyl (C=O) groups excluding carboxylic acids is 1. The Morgan fingerprint density at radius 1 is 1.53 bits per heavy atom. The quantitative estimate of drug-likeness (QED) is 0.841. The van der Waals surface area contributed by atoms with Crippen molar-refractivity contribution in [2.45, 2.75) is 19.4 Å². The highest BCUT2D eigenvalue weighted by Gasteiger charge is 2.40. The average molecular weight is 268 g/mol. The van der Waals surface area contributed by atoms with Crippen LogP contribution in [0.4, 0.5) is 0 Å². The average Bonchev–Trinajstić information content (AvgIpc) is 3.05. The minimum Gasteiger partial charge on any atom is -0.481 e. The molecule has 19 heavy (non-hydrogen) atoms. The van der Waals surface area contributed by atoms with Gasteiger partial charge in [-0.05, 0) is 6.42 Å². The molecule has 1 aliphatic rings. The van der Waals surface area contributed by atoms with Crippen LogP contribution in [-0.2, 0) is 9.53 Å². The summed E-state index contributed by atoms with van der Waals surface area (Å²) in [5.41, 5.74) is 0. The van der Waals surface area contributed by atoms with Gasteiger partial charge in [0.1, 0.15) is 5.92 Å². The first-order valence-corrected chi connectivity index (χ1v) is 6.17. The van der Waals surface area contributed by atoms with Gasteiger partial charge in [0.2, 0.25) is 5.76 Å². The number of aliphatic carboxylic acids is 1. The zero-order valence-corrected chi connectivity index (χ0v) is 10.6. The number of carboxylic acid groups (broad SMARTS) is 1. The molecule has 1 fully saturated rings. The fourth-order valence-corrected chi connectivity index (χ4v) is 2.21. The van der Waals surface area contributed by atoms with E-state index in [1.165, 1.54) is 17.2 Å². The Kier molecular flexibility index (Phi) is 4.16. The van der Waals surface area contributed by atoms with Crippen molar-refractivity contribution in [1.82, 2.24) is 10.1 Å². The van der Waals surface area contributed by atoms with E-state index < -0.39 is 17.9 Å². The SMILES string of the molecule is CCCN(C(=O)c1ccno1)C1COCC1C(=O)O. The van der Waals surface area contributed by atoms with E-state index in [1.54, 1.807) is 0 Å². The van der Waals surface area contributed by atoms with Crippen LogP contribution < -0.4 is 0 Å². The fourth-order valence-electron chi connectivity index (χ4n) is 2.21. The van der Waals surface area contributed by atoms with Crippen molar-refractivity contribution in [2.24, 2.45) is 5.92 Å². The molecule has 0 saturated carbocycles. The standard InChI is InChI=1S/C12H16N2O5/c1-2-5-14(11(15)10-3-4-13-19-10)9-7-18-6-8(9)12(16)17/h3-4,8-9H,2,5-7H2,1H3,(H,16,17). The van der Waals surface area contributed by atoms with Crippen LogP contribution in [-0.4, -0.2) is 52.8 Å². The van der Waals surface area contributed by atoms with Gasteiger partial charge in [-0.25, -0.2) is 0 Å². The Morgan fingerprint density at radius 2 is 2.32 bits per heavy atom. The van der Waals surface area contributed by atoms with Crippen LogP contribution in [0.3, 0.4) is 0 Å². The van der Waals surface area contributed by atoms with Gasteiger partial charge in [-0.2, -0.15) is 0 Å². The summed E-state index contributed by atoms with van der Waals surface area (Å²) < 4.78 is 10.1. The summed E-state index contributed by atoms with van der Waals surface area (Å²) in [6.07, 6.45) is 2.11. The smallest absolute Gasteiger partial charge is 0.311 e. The molecule has 1 amide bonds. The molecule has 2 rings (SSSR count). The molecule has 1 N–H and O–H groups in total. The third-order valence-electron chi connectivity index (χ3n) is 3.14. The van der Waals surface area contributed by atoms with Crippen molar-refractivity contribution >= 4 is 11.9 Å². The number of hydrogen-bond donors (Lipinski definition) is 1. The number of aromatic nitrogens is 1. The summed E-state index contributed by atoms with van der Waals surface area (Å²) in [5.74, 6) is -1.88. The van der Waals surface area contributed by atoms with E-state index in [0.29, 0.717) is 6.54 Å². The number of amides is 1.